The summed E-state index contributed by atoms with van der Waals surface area (Å²) < 4.78 is 5.52. The Morgan fingerprint density at radius 2 is 1.81 bits per heavy atom. The normalized spacial score (nSPS) is 17.4. The predicted molar refractivity (Wildman–Crippen MR) is 106 cm³/mol. The lowest BCUT2D eigenvalue weighted by atomic mass is 10.2. The molecule has 1 aromatic heterocycles. The van der Waals surface area contributed by atoms with Crippen molar-refractivity contribution in [1.29, 1.82) is 0 Å². The Morgan fingerprint density at radius 3 is 2.58 bits per heavy atom. The highest BCUT2D eigenvalue weighted by Crippen LogP contribution is 2.30. The zero-order chi connectivity index (χ0) is 17.8. The molecule has 1 saturated heterocycles. The van der Waals surface area contributed by atoms with Gasteiger partial charge >= 0.3 is 0 Å². The van der Waals surface area contributed by atoms with Gasteiger partial charge in [0.05, 0.1) is 12.8 Å². The van der Waals surface area contributed by atoms with Crippen LogP contribution in [0.2, 0.25) is 0 Å². The Kier molecular flexibility index (Phi) is 5.25. The fraction of sp³-hybridized carbons (Fsp3) is 0.476. The fourth-order valence-electron chi connectivity index (χ4n) is 3.64. The number of piperazine rings is 1. The Labute approximate surface area is 156 Å². The molecule has 26 heavy (non-hydrogen) atoms. The maximum atomic E-state index is 5.52. The summed E-state index contributed by atoms with van der Waals surface area (Å²) >= 11 is 0. The lowest BCUT2D eigenvalue weighted by Crippen LogP contribution is -2.47. The standard InChI is InChI=1S/C21H28N4O/c1-26-20-7-3-2-6-19(20)24-11-13-25(14-12-24)21-18(5-4-10-23-21)16-22-15-17-8-9-17/h2-7,10,17,22H,8-9,11-16H2,1H3. The molecule has 1 aliphatic carbocycles. The van der Waals surface area contributed by atoms with Gasteiger partial charge in [-0.1, -0.05) is 18.2 Å². The van der Waals surface area contributed by atoms with E-state index in [-0.39, 0.29) is 0 Å². The SMILES string of the molecule is COc1ccccc1N1CCN(c2ncccc2CNCC2CC2)CC1. The number of anilines is 2. The smallest absolute Gasteiger partial charge is 0.142 e. The number of benzene rings is 1. The van der Waals surface area contributed by atoms with E-state index in [4.69, 9.17) is 4.74 Å². The van der Waals surface area contributed by atoms with E-state index < -0.39 is 0 Å². The van der Waals surface area contributed by atoms with Gasteiger partial charge in [-0.3, -0.25) is 0 Å². The molecule has 0 radical (unpaired) electrons. The molecule has 1 aromatic carbocycles. The van der Waals surface area contributed by atoms with Crippen molar-refractivity contribution in [2.75, 3.05) is 49.6 Å². The van der Waals surface area contributed by atoms with Gasteiger partial charge in [0, 0.05) is 44.5 Å². The van der Waals surface area contributed by atoms with E-state index in [9.17, 15) is 0 Å². The number of aromatic nitrogens is 1. The van der Waals surface area contributed by atoms with E-state index in [0.717, 1.165) is 56.8 Å². The van der Waals surface area contributed by atoms with Crippen LogP contribution in [0.5, 0.6) is 5.75 Å². The molecule has 2 fully saturated rings. The van der Waals surface area contributed by atoms with Gasteiger partial charge in [-0.25, -0.2) is 4.98 Å². The number of methoxy groups -OCH3 is 1. The van der Waals surface area contributed by atoms with Crippen LogP contribution < -0.4 is 19.9 Å². The van der Waals surface area contributed by atoms with E-state index in [1.807, 2.05) is 24.4 Å². The summed E-state index contributed by atoms with van der Waals surface area (Å²) in [7, 11) is 1.74. The monoisotopic (exact) mass is 352 g/mol. The quantitative estimate of drug-likeness (QED) is 0.830. The van der Waals surface area contributed by atoms with Crippen LogP contribution in [-0.4, -0.2) is 44.8 Å². The van der Waals surface area contributed by atoms with E-state index in [1.165, 1.54) is 24.1 Å². The summed E-state index contributed by atoms with van der Waals surface area (Å²) in [5.41, 5.74) is 2.49. The van der Waals surface area contributed by atoms with Gasteiger partial charge < -0.3 is 19.9 Å². The van der Waals surface area contributed by atoms with Crippen LogP contribution in [0.4, 0.5) is 11.5 Å². The minimum atomic E-state index is 0.902. The van der Waals surface area contributed by atoms with Gasteiger partial charge in [-0.05, 0) is 43.5 Å². The molecule has 4 rings (SSSR count). The molecule has 0 unspecified atom stereocenters. The van der Waals surface area contributed by atoms with E-state index >= 15 is 0 Å². The number of hydrogen-bond acceptors (Lipinski definition) is 5. The molecule has 138 valence electrons. The van der Waals surface area contributed by atoms with Crippen molar-refractivity contribution in [3.8, 4) is 5.75 Å². The molecule has 0 amide bonds. The molecule has 2 heterocycles. The van der Waals surface area contributed by atoms with Crippen LogP contribution in [0.1, 0.15) is 18.4 Å². The molecule has 1 saturated carbocycles. The molecule has 2 aromatic rings. The Morgan fingerprint density at radius 1 is 1.04 bits per heavy atom. The van der Waals surface area contributed by atoms with Crippen molar-refractivity contribution in [1.82, 2.24) is 10.3 Å². The number of nitrogens with one attached hydrogen (secondary N) is 1. The van der Waals surface area contributed by atoms with Crippen molar-refractivity contribution in [2.24, 2.45) is 5.92 Å². The molecule has 1 N–H and O–H groups in total. The van der Waals surface area contributed by atoms with Gasteiger partial charge in [0.25, 0.3) is 0 Å². The highest BCUT2D eigenvalue weighted by atomic mass is 16.5. The summed E-state index contributed by atoms with van der Waals surface area (Å²) in [4.78, 5) is 9.51. The van der Waals surface area contributed by atoms with Crippen molar-refractivity contribution in [2.45, 2.75) is 19.4 Å². The third kappa shape index (κ3) is 3.93. The molecular formula is C21H28N4O. The third-order valence-corrected chi connectivity index (χ3v) is 5.32. The highest BCUT2D eigenvalue weighted by Gasteiger charge is 2.23. The van der Waals surface area contributed by atoms with Crippen molar-refractivity contribution >= 4 is 11.5 Å². The van der Waals surface area contributed by atoms with Crippen LogP contribution in [0.15, 0.2) is 42.6 Å². The van der Waals surface area contributed by atoms with E-state index in [2.05, 4.69) is 38.3 Å². The van der Waals surface area contributed by atoms with Gasteiger partial charge in [0.1, 0.15) is 11.6 Å². The summed E-state index contributed by atoms with van der Waals surface area (Å²) in [6.07, 6.45) is 4.68. The van der Waals surface area contributed by atoms with Gasteiger partial charge in [-0.15, -0.1) is 0 Å². The first-order valence-corrected chi connectivity index (χ1v) is 9.62. The summed E-state index contributed by atoms with van der Waals surface area (Å²) in [6, 6.07) is 12.5. The van der Waals surface area contributed by atoms with Crippen LogP contribution in [0.25, 0.3) is 0 Å². The molecule has 5 heteroatoms. The minimum absolute atomic E-state index is 0.902. The highest BCUT2D eigenvalue weighted by molar-refractivity contribution is 5.60. The summed E-state index contributed by atoms with van der Waals surface area (Å²) in [6.45, 7) is 5.95. The maximum Gasteiger partial charge on any atom is 0.142 e. The van der Waals surface area contributed by atoms with E-state index in [0.29, 0.717) is 0 Å². The van der Waals surface area contributed by atoms with Gasteiger partial charge in [-0.2, -0.15) is 0 Å². The minimum Gasteiger partial charge on any atom is -0.495 e. The first-order chi connectivity index (χ1) is 12.8. The van der Waals surface area contributed by atoms with Gasteiger partial charge in [0.15, 0.2) is 0 Å². The second-order valence-corrected chi connectivity index (χ2v) is 7.21. The van der Waals surface area contributed by atoms with Crippen LogP contribution in [-0.2, 0) is 6.54 Å². The largest absolute Gasteiger partial charge is 0.495 e. The molecule has 5 nitrogen and oxygen atoms in total. The average molecular weight is 352 g/mol. The number of rotatable bonds is 7. The first kappa shape index (κ1) is 17.2. The molecule has 2 aliphatic rings. The van der Waals surface area contributed by atoms with E-state index in [1.54, 1.807) is 7.11 Å². The predicted octanol–water partition coefficient (Wildman–Crippen LogP) is 2.92. The molecule has 0 atom stereocenters. The average Bonchev–Trinajstić information content (AvgIpc) is 3.53. The lowest BCUT2D eigenvalue weighted by molar-refractivity contribution is 0.413. The molecule has 0 bridgehead atoms. The zero-order valence-electron chi connectivity index (χ0n) is 15.5. The van der Waals surface area contributed by atoms with Crippen LogP contribution >= 0.6 is 0 Å². The topological polar surface area (TPSA) is 40.6 Å². The second-order valence-electron chi connectivity index (χ2n) is 7.21. The summed E-state index contributed by atoms with van der Waals surface area (Å²) in [5, 5.41) is 3.60. The second kappa shape index (κ2) is 7.96. The molecule has 1 aliphatic heterocycles. The van der Waals surface area contributed by atoms with Crippen LogP contribution in [0.3, 0.4) is 0 Å². The number of ether oxygens (including phenoxy) is 1. The molecule has 0 spiro atoms. The number of hydrogen-bond donors (Lipinski definition) is 1. The Balaban J connectivity index is 1.40. The maximum absolute atomic E-state index is 5.52. The van der Waals surface area contributed by atoms with Crippen molar-refractivity contribution in [3.05, 3.63) is 48.2 Å². The van der Waals surface area contributed by atoms with Crippen LogP contribution in [0, 0.1) is 5.92 Å². The number of nitrogens with zero attached hydrogens (tertiary/aromatic N) is 3. The Bertz CT molecular complexity index is 723. The van der Waals surface area contributed by atoms with Crippen molar-refractivity contribution in [3.63, 3.8) is 0 Å². The van der Waals surface area contributed by atoms with Crippen molar-refractivity contribution < 1.29 is 4.74 Å². The molecular weight excluding hydrogens is 324 g/mol. The number of para-hydroxylation sites is 2. The van der Waals surface area contributed by atoms with Gasteiger partial charge in [0.2, 0.25) is 0 Å². The third-order valence-electron chi connectivity index (χ3n) is 5.32. The fourth-order valence-corrected chi connectivity index (χ4v) is 3.64. The number of pyridine rings is 1. The summed E-state index contributed by atoms with van der Waals surface area (Å²) in [5.74, 6) is 2.98. The lowest BCUT2D eigenvalue weighted by Gasteiger charge is -2.37. The Hall–Kier alpha value is -2.27. The zero-order valence-corrected chi connectivity index (χ0v) is 15.5. The first-order valence-electron chi connectivity index (χ1n) is 9.62.